The Hall–Kier alpha value is -0.320. The average molecular weight is 150 g/mol. The number of carbonyl (C=O) groups is 1. The molecule has 1 amide bonds. The molecule has 0 spiro atoms. The number of hydrogen-bond donors (Lipinski definition) is 3. The highest BCUT2D eigenvalue weighted by Crippen LogP contribution is 1.97. The molecule has 4 nitrogen and oxygen atoms in total. The summed E-state index contributed by atoms with van der Waals surface area (Å²) in [7, 11) is 0. The summed E-state index contributed by atoms with van der Waals surface area (Å²) < 4.78 is 0. The molecule has 0 aromatic rings. The maximum Gasteiger partial charge on any atom is 0.225 e. The van der Waals surface area contributed by atoms with E-state index < -0.39 is 5.62 Å². The van der Waals surface area contributed by atoms with E-state index in [0.717, 1.165) is 0 Å². The van der Waals surface area contributed by atoms with Crippen molar-refractivity contribution in [3.8, 4) is 0 Å². The van der Waals surface area contributed by atoms with E-state index in [4.69, 9.17) is 17.3 Å². The molecule has 1 heterocycles. The Labute approximate surface area is 57.7 Å². The molecule has 2 atom stereocenters. The van der Waals surface area contributed by atoms with Crippen molar-refractivity contribution in [3.63, 3.8) is 0 Å². The molecule has 2 unspecified atom stereocenters. The fraction of sp³-hybridized carbons (Fsp3) is 0.750. The fourth-order valence-corrected chi connectivity index (χ4v) is 0.972. The summed E-state index contributed by atoms with van der Waals surface area (Å²) in [5.41, 5.74) is 4.85. The first-order valence-corrected chi connectivity index (χ1v) is 3.07. The standard InChI is InChI=1S/C4H8ClN3O/c5-4-7-2(6)1-3(9)8-4/h2,4,7H,1,6H2,(H,8,9). The summed E-state index contributed by atoms with van der Waals surface area (Å²) >= 11 is 5.48. The summed E-state index contributed by atoms with van der Waals surface area (Å²) in [6.45, 7) is 0. The van der Waals surface area contributed by atoms with Gasteiger partial charge in [0.2, 0.25) is 5.91 Å². The van der Waals surface area contributed by atoms with Crippen LogP contribution in [0.4, 0.5) is 0 Å². The zero-order chi connectivity index (χ0) is 6.85. The summed E-state index contributed by atoms with van der Waals surface area (Å²) in [5.74, 6) is -0.110. The Kier molecular flexibility index (Phi) is 1.90. The normalized spacial score (nSPS) is 36.0. The van der Waals surface area contributed by atoms with Crippen LogP contribution in [0.25, 0.3) is 0 Å². The van der Waals surface area contributed by atoms with Crippen LogP contribution in [-0.2, 0) is 4.79 Å². The molecular weight excluding hydrogens is 142 g/mol. The summed E-state index contributed by atoms with van der Waals surface area (Å²) in [4.78, 5) is 10.6. The van der Waals surface area contributed by atoms with Crippen LogP contribution in [0.3, 0.4) is 0 Å². The van der Waals surface area contributed by atoms with Crippen molar-refractivity contribution in [2.75, 3.05) is 0 Å². The van der Waals surface area contributed by atoms with Crippen molar-refractivity contribution in [2.24, 2.45) is 5.73 Å². The van der Waals surface area contributed by atoms with Crippen molar-refractivity contribution in [1.82, 2.24) is 10.6 Å². The van der Waals surface area contributed by atoms with E-state index in [0.29, 0.717) is 6.42 Å². The Morgan fingerprint density at radius 1 is 1.78 bits per heavy atom. The molecule has 0 aliphatic carbocycles. The number of hydrogen-bond acceptors (Lipinski definition) is 3. The lowest BCUT2D eigenvalue weighted by Gasteiger charge is -2.24. The quantitative estimate of drug-likeness (QED) is 0.303. The molecule has 1 aliphatic heterocycles. The second kappa shape index (κ2) is 2.51. The summed E-state index contributed by atoms with van der Waals surface area (Å²) in [6.07, 6.45) is -0.00954. The summed E-state index contributed by atoms with van der Waals surface area (Å²) in [5, 5.41) is 5.17. The van der Waals surface area contributed by atoms with Crippen molar-refractivity contribution >= 4 is 17.5 Å². The van der Waals surface area contributed by atoms with Crippen molar-refractivity contribution < 1.29 is 4.79 Å². The largest absolute Gasteiger partial charge is 0.328 e. The average Bonchev–Trinajstić information content (AvgIpc) is 1.59. The topological polar surface area (TPSA) is 67.2 Å². The zero-order valence-electron chi connectivity index (χ0n) is 4.73. The lowest BCUT2D eigenvalue weighted by molar-refractivity contribution is -0.123. The molecule has 0 aromatic carbocycles. The fourth-order valence-electron chi connectivity index (χ4n) is 0.689. The first-order chi connectivity index (χ1) is 4.18. The van der Waals surface area contributed by atoms with Crippen molar-refractivity contribution in [2.45, 2.75) is 18.2 Å². The monoisotopic (exact) mass is 149 g/mol. The van der Waals surface area contributed by atoms with Gasteiger partial charge in [0.25, 0.3) is 0 Å². The van der Waals surface area contributed by atoms with Gasteiger partial charge < -0.3 is 11.1 Å². The number of nitrogens with one attached hydrogen (secondary N) is 2. The molecule has 0 bridgehead atoms. The van der Waals surface area contributed by atoms with Gasteiger partial charge in [-0.05, 0) is 0 Å². The molecule has 4 N–H and O–H groups in total. The highest BCUT2D eigenvalue weighted by Gasteiger charge is 2.20. The van der Waals surface area contributed by atoms with Crippen LogP contribution in [0.1, 0.15) is 6.42 Å². The Bertz CT molecular complexity index is 117. The van der Waals surface area contributed by atoms with E-state index in [1.165, 1.54) is 0 Å². The molecule has 1 fully saturated rings. The highest BCUT2D eigenvalue weighted by molar-refractivity contribution is 6.21. The molecule has 0 saturated carbocycles. The van der Waals surface area contributed by atoms with Crippen molar-refractivity contribution in [1.29, 1.82) is 0 Å². The maximum atomic E-state index is 10.6. The van der Waals surface area contributed by atoms with E-state index in [1.54, 1.807) is 0 Å². The van der Waals surface area contributed by atoms with Gasteiger partial charge in [0.15, 0.2) is 5.62 Å². The minimum Gasteiger partial charge on any atom is -0.328 e. The van der Waals surface area contributed by atoms with Gasteiger partial charge in [0.05, 0.1) is 12.6 Å². The molecule has 9 heavy (non-hydrogen) atoms. The first-order valence-electron chi connectivity index (χ1n) is 2.63. The van der Waals surface area contributed by atoms with E-state index >= 15 is 0 Å². The Morgan fingerprint density at radius 2 is 2.44 bits per heavy atom. The molecule has 1 saturated heterocycles. The van der Waals surface area contributed by atoms with Gasteiger partial charge in [0, 0.05) is 0 Å². The van der Waals surface area contributed by atoms with Gasteiger partial charge in [-0.2, -0.15) is 0 Å². The Morgan fingerprint density at radius 3 is 2.89 bits per heavy atom. The molecular formula is C4H8ClN3O. The molecule has 0 aromatic heterocycles. The maximum absolute atomic E-state index is 10.6. The zero-order valence-corrected chi connectivity index (χ0v) is 5.48. The van der Waals surface area contributed by atoms with Gasteiger partial charge in [-0.15, -0.1) is 0 Å². The molecule has 1 rings (SSSR count). The third-order valence-electron chi connectivity index (χ3n) is 1.05. The van der Waals surface area contributed by atoms with Crippen LogP contribution < -0.4 is 16.4 Å². The van der Waals surface area contributed by atoms with E-state index in [1.807, 2.05) is 0 Å². The third kappa shape index (κ3) is 1.82. The second-order valence-electron chi connectivity index (χ2n) is 1.91. The number of alkyl halides is 1. The first kappa shape index (κ1) is 6.80. The number of nitrogens with two attached hydrogens (primary N) is 1. The van der Waals surface area contributed by atoms with Gasteiger partial charge >= 0.3 is 0 Å². The lowest BCUT2D eigenvalue weighted by atomic mass is 10.3. The lowest BCUT2D eigenvalue weighted by Crippen LogP contribution is -2.56. The third-order valence-corrected chi connectivity index (χ3v) is 1.29. The van der Waals surface area contributed by atoms with Crippen LogP contribution in [0.2, 0.25) is 0 Å². The highest BCUT2D eigenvalue weighted by atomic mass is 35.5. The van der Waals surface area contributed by atoms with E-state index in [9.17, 15) is 4.79 Å². The summed E-state index contributed by atoms with van der Waals surface area (Å²) in [6, 6.07) is 0. The second-order valence-corrected chi connectivity index (χ2v) is 2.34. The van der Waals surface area contributed by atoms with Crippen molar-refractivity contribution in [3.05, 3.63) is 0 Å². The Balaban J connectivity index is 2.43. The van der Waals surface area contributed by atoms with Crippen LogP contribution in [0.15, 0.2) is 0 Å². The van der Waals surface area contributed by atoms with Gasteiger partial charge in [-0.3, -0.25) is 10.1 Å². The molecule has 52 valence electrons. The molecule has 5 heteroatoms. The number of rotatable bonds is 0. The van der Waals surface area contributed by atoms with E-state index in [-0.39, 0.29) is 12.1 Å². The van der Waals surface area contributed by atoms with Crippen LogP contribution in [0, 0.1) is 0 Å². The predicted molar refractivity (Wildman–Crippen MR) is 33.5 cm³/mol. The van der Waals surface area contributed by atoms with Gasteiger partial charge in [-0.25, -0.2) is 0 Å². The van der Waals surface area contributed by atoms with Crippen LogP contribution in [0.5, 0.6) is 0 Å². The van der Waals surface area contributed by atoms with Crippen LogP contribution >= 0.6 is 11.6 Å². The minimum absolute atomic E-state index is 0.110. The smallest absolute Gasteiger partial charge is 0.225 e. The van der Waals surface area contributed by atoms with Gasteiger partial charge in [0.1, 0.15) is 0 Å². The van der Waals surface area contributed by atoms with Gasteiger partial charge in [-0.1, -0.05) is 11.6 Å². The minimum atomic E-state index is -0.513. The molecule has 0 radical (unpaired) electrons. The number of amides is 1. The predicted octanol–water partition coefficient (Wildman–Crippen LogP) is -1.10. The van der Waals surface area contributed by atoms with Crippen LogP contribution in [-0.4, -0.2) is 17.7 Å². The number of halogens is 1. The van der Waals surface area contributed by atoms with E-state index in [2.05, 4.69) is 10.6 Å². The molecule has 1 aliphatic rings. The SMILES string of the molecule is NC1CC(=O)NC(Cl)N1. The number of carbonyl (C=O) groups excluding carboxylic acids is 1.